The minimum absolute atomic E-state index is 0. The van der Waals surface area contributed by atoms with Gasteiger partial charge in [-0.3, -0.25) is 0 Å². The van der Waals surface area contributed by atoms with Gasteiger partial charge in [-0.1, -0.05) is 36.4 Å². The van der Waals surface area contributed by atoms with Crippen molar-refractivity contribution in [2.45, 2.75) is 4.90 Å². The van der Waals surface area contributed by atoms with Crippen molar-refractivity contribution in [2.75, 3.05) is 0 Å². The van der Waals surface area contributed by atoms with Gasteiger partial charge in [-0.25, -0.2) is 8.42 Å². The smallest absolute Gasteiger partial charge is 0.132 e. The van der Waals surface area contributed by atoms with Crippen LogP contribution in [0.1, 0.15) is 0 Å². The van der Waals surface area contributed by atoms with E-state index >= 15 is 0 Å². The molecule has 0 aromatic heterocycles. The first-order valence-electron chi connectivity index (χ1n) is 5.72. The van der Waals surface area contributed by atoms with Crippen molar-refractivity contribution in [2.24, 2.45) is 0 Å². The molecule has 0 radical (unpaired) electrons. The normalized spacial score (nSPS) is 11.5. The molecular formula is C14H13NO5S. The lowest BCUT2D eigenvalue weighted by atomic mass is 10.0. The Kier molecular flexibility index (Phi) is 3.50. The van der Waals surface area contributed by atoms with E-state index in [4.69, 9.17) is 0 Å². The second kappa shape index (κ2) is 4.88. The van der Waals surface area contributed by atoms with E-state index in [1.807, 2.05) is 0 Å². The molecule has 0 saturated heterocycles. The molecule has 3 aromatic carbocycles. The second-order valence-electron chi connectivity index (χ2n) is 4.38. The zero-order valence-electron chi connectivity index (χ0n) is 11.1. The Morgan fingerprint density at radius 1 is 0.810 bits per heavy atom. The Morgan fingerprint density at radius 3 is 1.90 bits per heavy atom. The lowest BCUT2D eigenvalue weighted by Crippen LogP contribution is -1.99. The van der Waals surface area contributed by atoms with Crippen LogP contribution in [0.2, 0.25) is 0 Å². The van der Waals surface area contributed by atoms with E-state index in [1.54, 1.807) is 18.2 Å². The van der Waals surface area contributed by atoms with Gasteiger partial charge in [0.05, 0.1) is 4.90 Å². The molecule has 0 saturated carbocycles. The number of phenolic OH excluding ortho intramolecular Hbond substituents is 2. The molecule has 0 aliphatic heterocycles. The fraction of sp³-hybridized carbons (Fsp3) is 0. The minimum Gasteiger partial charge on any atom is -0.744 e. The van der Waals surface area contributed by atoms with E-state index in [2.05, 4.69) is 0 Å². The highest BCUT2D eigenvalue weighted by Gasteiger charge is 2.17. The third-order valence-electron chi connectivity index (χ3n) is 3.22. The molecule has 0 aliphatic rings. The topological polar surface area (TPSA) is 134 Å². The van der Waals surface area contributed by atoms with Crippen LogP contribution in [-0.2, 0) is 10.1 Å². The van der Waals surface area contributed by atoms with Crippen LogP contribution in [0.25, 0.3) is 21.5 Å². The summed E-state index contributed by atoms with van der Waals surface area (Å²) >= 11 is 0. The van der Waals surface area contributed by atoms with Crippen LogP contribution in [0, 0.1) is 0 Å². The average molecular weight is 307 g/mol. The first-order valence-corrected chi connectivity index (χ1v) is 7.13. The molecule has 3 rings (SSSR count). The van der Waals surface area contributed by atoms with Crippen molar-refractivity contribution in [3.8, 4) is 11.5 Å². The van der Waals surface area contributed by atoms with Gasteiger partial charge in [0, 0.05) is 21.5 Å². The third kappa shape index (κ3) is 2.17. The maximum absolute atomic E-state index is 11.3. The average Bonchev–Trinajstić information content (AvgIpc) is 2.43. The van der Waals surface area contributed by atoms with Gasteiger partial charge in [0.15, 0.2) is 0 Å². The Hall–Kier alpha value is -2.35. The van der Waals surface area contributed by atoms with Crippen molar-refractivity contribution < 1.29 is 23.2 Å². The Balaban J connectivity index is 0.00000161. The first-order chi connectivity index (χ1) is 9.41. The molecular weight excluding hydrogens is 294 g/mol. The molecule has 0 bridgehead atoms. The van der Waals surface area contributed by atoms with Gasteiger partial charge in [-0.05, 0) is 6.07 Å². The first kappa shape index (κ1) is 15.0. The largest absolute Gasteiger partial charge is 0.744 e. The Bertz CT molecular complexity index is 950. The summed E-state index contributed by atoms with van der Waals surface area (Å²) in [7, 11) is -4.76. The highest BCUT2D eigenvalue weighted by molar-refractivity contribution is 7.86. The number of quaternary nitrogens is 1. The predicted octanol–water partition coefficient (Wildman–Crippen LogP) is 2.68. The Labute approximate surface area is 120 Å². The van der Waals surface area contributed by atoms with Crippen molar-refractivity contribution in [1.29, 1.82) is 0 Å². The standard InChI is InChI=1S/C14H10O5S.H3N/c15-13-8-4-1-2-5-9(8)14(16)12-10(13)6-3-7-11(12)20(17,18)19;/h1-7,15-16H,(H,17,18,19);1H3. The number of fused-ring (bicyclic) bond motifs is 2. The van der Waals surface area contributed by atoms with E-state index in [-0.39, 0.29) is 33.8 Å². The lowest BCUT2D eigenvalue weighted by Gasteiger charge is -2.14. The van der Waals surface area contributed by atoms with Crippen molar-refractivity contribution in [3.05, 3.63) is 42.5 Å². The van der Waals surface area contributed by atoms with Crippen LogP contribution >= 0.6 is 0 Å². The molecule has 7 heteroatoms. The summed E-state index contributed by atoms with van der Waals surface area (Å²) in [5.74, 6) is -0.498. The van der Waals surface area contributed by atoms with E-state index in [9.17, 15) is 23.2 Å². The van der Waals surface area contributed by atoms with Crippen LogP contribution in [0.5, 0.6) is 11.5 Å². The third-order valence-corrected chi connectivity index (χ3v) is 4.10. The Morgan fingerprint density at radius 2 is 1.33 bits per heavy atom. The van der Waals surface area contributed by atoms with Gasteiger partial charge in [0.25, 0.3) is 0 Å². The molecule has 110 valence electrons. The fourth-order valence-electron chi connectivity index (χ4n) is 2.36. The molecule has 6 N–H and O–H groups in total. The van der Waals surface area contributed by atoms with Crippen molar-refractivity contribution in [3.63, 3.8) is 0 Å². The number of aromatic hydroxyl groups is 2. The number of rotatable bonds is 1. The molecule has 0 atom stereocenters. The van der Waals surface area contributed by atoms with E-state index < -0.39 is 15.0 Å². The molecule has 0 amide bonds. The molecule has 0 heterocycles. The van der Waals surface area contributed by atoms with Crippen LogP contribution in [-0.4, -0.2) is 23.2 Å². The SMILES string of the molecule is O=S(=O)([O-])c1cccc2c(O)c3ccccc3c(O)c12.[NH4+]. The summed E-state index contributed by atoms with van der Waals surface area (Å²) in [5, 5.41) is 21.1. The monoisotopic (exact) mass is 307 g/mol. The molecule has 0 unspecified atom stereocenters. The number of hydrogen-bond donors (Lipinski definition) is 3. The summed E-state index contributed by atoms with van der Waals surface area (Å²) < 4.78 is 33.9. The van der Waals surface area contributed by atoms with E-state index in [0.717, 1.165) is 6.07 Å². The summed E-state index contributed by atoms with van der Waals surface area (Å²) in [6, 6.07) is 10.4. The minimum atomic E-state index is -4.76. The van der Waals surface area contributed by atoms with Crippen molar-refractivity contribution in [1.82, 2.24) is 6.15 Å². The maximum atomic E-state index is 11.3. The highest BCUT2D eigenvalue weighted by atomic mass is 32.2. The summed E-state index contributed by atoms with van der Waals surface area (Å²) in [6.45, 7) is 0. The number of hydrogen-bond acceptors (Lipinski definition) is 5. The zero-order chi connectivity index (χ0) is 14.5. The second-order valence-corrected chi connectivity index (χ2v) is 5.72. The van der Waals surface area contributed by atoms with Gasteiger partial charge in [0.2, 0.25) is 0 Å². The molecule has 3 aromatic rings. The summed E-state index contributed by atoms with van der Waals surface area (Å²) in [4.78, 5) is -0.548. The van der Waals surface area contributed by atoms with E-state index in [0.29, 0.717) is 5.39 Å². The lowest BCUT2D eigenvalue weighted by molar-refractivity contribution is 0.461. The number of phenols is 2. The fourth-order valence-corrected chi connectivity index (χ4v) is 3.06. The molecule has 21 heavy (non-hydrogen) atoms. The van der Waals surface area contributed by atoms with Crippen molar-refractivity contribution >= 4 is 31.7 Å². The van der Waals surface area contributed by atoms with Gasteiger partial charge in [0.1, 0.15) is 21.6 Å². The van der Waals surface area contributed by atoms with Crippen LogP contribution < -0.4 is 6.15 Å². The van der Waals surface area contributed by atoms with Crippen LogP contribution in [0.15, 0.2) is 47.4 Å². The number of benzene rings is 3. The van der Waals surface area contributed by atoms with Gasteiger partial charge in [-0.2, -0.15) is 0 Å². The molecule has 6 nitrogen and oxygen atoms in total. The van der Waals surface area contributed by atoms with Gasteiger partial charge >= 0.3 is 0 Å². The van der Waals surface area contributed by atoms with Crippen LogP contribution in [0.4, 0.5) is 0 Å². The summed E-state index contributed by atoms with van der Waals surface area (Å²) in [6.07, 6.45) is 0. The predicted molar refractivity (Wildman–Crippen MR) is 78.7 cm³/mol. The molecule has 0 fully saturated rings. The quantitative estimate of drug-likeness (QED) is 0.361. The van der Waals surface area contributed by atoms with Gasteiger partial charge < -0.3 is 20.9 Å². The highest BCUT2D eigenvalue weighted by Crippen LogP contribution is 2.43. The molecule has 0 aliphatic carbocycles. The maximum Gasteiger partial charge on any atom is 0.132 e. The van der Waals surface area contributed by atoms with E-state index in [1.165, 1.54) is 18.2 Å². The van der Waals surface area contributed by atoms with Gasteiger partial charge in [-0.15, -0.1) is 0 Å². The molecule has 0 spiro atoms. The zero-order valence-corrected chi connectivity index (χ0v) is 11.9. The summed E-state index contributed by atoms with van der Waals surface area (Å²) in [5.41, 5.74) is 0. The van der Waals surface area contributed by atoms with Crippen LogP contribution in [0.3, 0.4) is 0 Å².